The molecule has 1 aliphatic rings. The number of pyridine rings is 1. The van der Waals surface area contributed by atoms with Gasteiger partial charge in [-0.15, -0.1) is 0 Å². The Morgan fingerprint density at radius 3 is 2.59 bits per heavy atom. The number of carbonyl (C=O) groups excluding carboxylic acids is 1. The number of amides is 1. The quantitative estimate of drug-likeness (QED) is 0.720. The van der Waals surface area contributed by atoms with Gasteiger partial charge in [0.05, 0.1) is 11.4 Å². The zero-order valence-corrected chi connectivity index (χ0v) is 14.0. The minimum atomic E-state index is -1.50. The van der Waals surface area contributed by atoms with Crippen molar-refractivity contribution in [1.29, 1.82) is 0 Å². The van der Waals surface area contributed by atoms with Crippen molar-refractivity contribution in [3.8, 4) is 11.4 Å². The van der Waals surface area contributed by atoms with Crippen molar-refractivity contribution < 1.29 is 18.0 Å². The molecule has 0 atom stereocenters. The molecule has 3 aromatic rings. The number of rotatable bonds is 3. The first kappa shape index (κ1) is 17.1. The number of carbonyl (C=O) groups is 1. The molecule has 1 amide bonds. The van der Waals surface area contributed by atoms with Gasteiger partial charge in [-0.25, -0.2) is 23.1 Å². The molecule has 0 aliphatic carbocycles. The molecule has 0 radical (unpaired) electrons. The van der Waals surface area contributed by atoms with Crippen molar-refractivity contribution in [2.75, 3.05) is 6.54 Å². The Morgan fingerprint density at radius 1 is 1.04 bits per heavy atom. The molecule has 1 aliphatic heterocycles. The molecule has 2 aromatic heterocycles. The summed E-state index contributed by atoms with van der Waals surface area (Å²) in [7, 11) is 0. The summed E-state index contributed by atoms with van der Waals surface area (Å²) in [5, 5.41) is 2.77. The average molecular weight is 370 g/mol. The monoisotopic (exact) mass is 370 g/mol. The Kier molecular flexibility index (Phi) is 4.31. The lowest BCUT2D eigenvalue weighted by Gasteiger charge is -2.18. The molecule has 1 N–H and O–H groups in total. The molecule has 0 unspecified atom stereocenters. The Morgan fingerprint density at radius 2 is 1.81 bits per heavy atom. The van der Waals surface area contributed by atoms with Crippen LogP contribution in [0.15, 0.2) is 36.8 Å². The molecular weight excluding hydrogens is 357 g/mol. The molecule has 0 spiro atoms. The molecule has 4 rings (SSSR count). The zero-order valence-electron chi connectivity index (χ0n) is 14.0. The Labute approximate surface area is 152 Å². The average Bonchev–Trinajstić information content (AvgIpc) is 2.66. The minimum Gasteiger partial charge on any atom is -0.352 e. The number of nitrogens with one attached hydrogen (secondary N) is 1. The maximum absolute atomic E-state index is 13.4. The van der Waals surface area contributed by atoms with Crippen LogP contribution >= 0.6 is 0 Å². The van der Waals surface area contributed by atoms with Gasteiger partial charge >= 0.3 is 0 Å². The van der Waals surface area contributed by atoms with E-state index in [2.05, 4.69) is 20.3 Å². The Balaban J connectivity index is 1.70. The van der Waals surface area contributed by atoms with Crippen LogP contribution < -0.4 is 5.32 Å². The van der Waals surface area contributed by atoms with E-state index in [-0.39, 0.29) is 17.9 Å². The Hall–Kier alpha value is -3.29. The van der Waals surface area contributed by atoms with E-state index in [1.54, 1.807) is 12.1 Å². The molecule has 0 saturated heterocycles. The predicted octanol–water partition coefficient (Wildman–Crippen LogP) is 2.83. The van der Waals surface area contributed by atoms with Gasteiger partial charge in [0.1, 0.15) is 6.33 Å². The van der Waals surface area contributed by atoms with Crippen LogP contribution in [0.4, 0.5) is 13.2 Å². The van der Waals surface area contributed by atoms with E-state index in [0.717, 1.165) is 17.7 Å². The number of aromatic nitrogens is 3. The minimum absolute atomic E-state index is 0.0964. The lowest BCUT2D eigenvalue weighted by molar-refractivity contribution is 0.0946. The lowest BCUT2D eigenvalue weighted by atomic mass is 9.97. The van der Waals surface area contributed by atoms with Crippen LogP contribution in [0.3, 0.4) is 0 Å². The summed E-state index contributed by atoms with van der Waals surface area (Å²) in [5.74, 6) is -4.15. The molecule has 136 valence electrons. The summed E-state index contributed by atoms with van der Waals surface area (Å²) in [6.45, 7) is 0.511. The summed E-state index contributed by atoms with van der Waals surface area (Å²) in [5.41, 5.74) is 3.17. The second kappa shape index (κ2) is 6.79. The van der Waals surface area contributed by atoms with Gasteiger partial charge in [-0.2, -0.15) is 0 Å². The summed E-state index contributed by atoms with van der Waals surface area (Å²) in [4.78, 5) is 24.7. The molecule has 0 fully saturated rings. The van der Waals surface area contributed by atoms with Gasteiger partial charge in [0.2, 0.25) is 0 Å². The molecule has 8 heteroatoms. The smallest absolute Gasteiger partial charge is 0.251 e. The number of hydrogen-bond acceptors (Lipinski definition) is 4. The summed E-state index contributed by atoms with van der Waals surface area (Å²) >= 11 is 0. The fraction of sp³-hybridized carbons (Fsp3) is 0.158. The lowest BCUT2D eigenvalue weighted by Crippen LogP contribution is -2.32. The van der Waals surface area contributed by atoms with Crippen molar-refractivity contribution >= 4 is 5.91 Å². The van der Waals surface area contributed by atoms with E-state index in [1.165, 1.54) is 12.5 Å². The first-order chi connectivity index (χ1) is 13.0. The van der Waals surface area contributed by atoms with Crippen molar-refractivity contribution in [1.82, 2.24) is 20.3 Å². The number of fused-ring (bicyclic) bond motifs is 1. The normalized spacial score (nSPS) is 13.2. The van der Waals surface area contributed by atoms with E-state index < -0.39 is 17.5 Å². The van der Waals surface area contributed by atoms with Gasteiger partial charge in [-0.05, 0) is 41.8 Å². The van der Waals surface area contributed by atoms with E-state index in [0.29, 0.717) is 35.6 Å². The van der Waals surface area contributed by atoms with Gasteiger partial charge in [0.25, 0.3) is 5.91 Å². The SMILES string of the molecule is O=C1NCCc2c1ccnc2-c1cc(Cc2cc(F)c(F)c(F)c2)ncn1. The van der Waals surface area contributed by atoms with Crippen molar-refractivity contribution in [3.63, 3.8) is 0 Å². The molecule has 5 nitrogen and oxygen atoms in total. The second-order valence-electron chi connectivity index (χ2n) is 6.14. The molecule has 3 heterocycles. The first-order valence-electron chi connectivity index (χ1n) is 8.23. The highest BCUT2D eigenvalue weighted by molar-refractivity contribution is 5.98. The van der Waals surface area contributed by atoms with Crippen molar-refractivity contribution in [2.24, 2.45) is 0 Å². The van der Waals surface area contributed by atoms with Crippen molar-refractivity contribution in [3.05, 3.63) is 76.6 Å². The molecular formula is C19H13F3N4O. The van der Waals surface area contributed by atoms with Gasteiger partial charge in [0, 0.05) is 30.4 Å². The number of benzene rings is 1. The predicted molar refractivity (Wildman–Crippen MR) is 90.4 cm³/mol. The zero-order chi connectivity index (χ0) is 19.0. The van der Waals surface area contributed by atoms with Crippen LogP contribution in [0.1, 0.15) is 27.2 Å². The number of halogens is 3. The third-order valence-electron chi connectivity index (χ3n) is 4.36. The van der Waals surface area contributed by atoms with Gasteiger partial charge in [-0.1, -0.05) is 0 Å². The van der Waals surface area contributed by atoms with Gasteiger partial charge < -0.3 is 5.32 Å². The first-order valence-corrected chi connectivity index (χ1v) is 8.23. The van der Waals surface area contributed by atoms with E-state index in [4.69, 9.17) is 0 Å². The maximum Gasteiger partial charge on any atom is 0.251 e. The standard InChI is InChI=1S/C19H13F3N4O/c20-14-6-10(7-15(21)17(14)22)5-11-8-16(26-9-25-11)18-12-1-4-24-19(27)13(12)2-3-23-18/h2-3,6-9H,1,4-5H2,(H,24,27). The molecule has 0 bridgehead atoms. The summed E-state index contributed by atoms with van der Waals surface area (Å²) < 4.78 is 39.9. The third-order valence-corrected chi connectivity index (χ3v) is 4.36. The van der Waals surface area contributed by atoms with E-state index >= 15 is 0 Å². The van der Waals surface area contributed by atoms with E-state index in [9.17, 15) is 18.0 Å². The van der Waals surface area contributed by atoms with Crippen LogP contribution in [0, 0.1) is 17.5 Å². The number of hydrogen-bond donors (Lipinski definition) is 1. The van der Waals surface area contributed by atoms with Crippen molar-refractivity contribution in [2.45, 2.75) is 12.8 Å². The van der Waals surface area contributed by atoms with Crippen LogP contribution in [-0.2, 0) is 12.8 Å². The Bertz CT molecular complexity index is 1030. The largest absolute Gasteiger partial charge is 0.352 e. The molecule has 0 saturated carbocycles. The third kappa shape index (κ3) is 3.25. The van der Waals surface area contributed by atoms with Crippen LogP contribution in [0.2, 0.25) is 0 Å². The highest BCUT2D eigenvalue weighted by Crippen LogP contribution is 2.25. The summed E-state index contributed by atoms with van der Waals surface area (Å²) in [6, 6.07) is 5.17. The van der Waals surface area contributed by atoms with Gasteiger partial charge in [-0.3, -0.25) is 9.78 Å². The highest BCUT2D eigenvalue weighted by atomic mass is 19.2. The summed E-state index contributed by atoms with van der Waals surface area (Å²) in [6.07, 6.45) is 3.58. The van der Waals surface area contributed by atoms with Crippen LogP contribution in [0.25, 0.3) is 11.4 Å². The van der Waals surface area contributed by atoms with E-state index in [1.807, 2.05) is 0 Å². The van der Waals surface area contributed by atoms with Crippen LogP contribution in [-0.4, -0.2) is 27.4 Å². The van der Waals surface area contributed by atoms with Gasteiger partial charge in [0.15, 0.2) is 17.5 Å². The fourth-order valence-electron chi connectivity index (χ4n) is 3.12. The fourth-order valence-corrected chi connectivity index (χ4v) is 3.12. The van der Waals surface area contributed by atoms with Crippen LogP contribution in [0.5, 0.6) is 0 Å². The maximum atomic E-state index is 13.4. The second-order valence-corrected chi connectivity index (χ2v) is 6.14. The topological polar surface area (TPSA) is 67.8 Å². The highest BCUT2D eigenvalue weighted by Gasteiger charge is 2.21. The molecule has 1 aromatic carbocycles. The number of nitrogens with zero attached hydrogens (tertiary/aromatic N) is 3. The molecule has 27 heavy (non-hydrogen) atoms.